The first kappa shape index (κ1) is 30.6. The molecule has 3 heterocycles. The lowest BCUT2D eigenvalue weighted by molar-refractivity contribution is -0.136. The van der Waals surface area contributed by atoms with Gasteiger partial charge in [-0.05, 0) is 61.0 Å². The number of hydrogen-bond donors (Lipinski definition) is 4. The van der Waals surface area contributed by atoms with Crippen molar-refractivity contribution in [3.05, 3.63) is 108 Å². The lowest BCUT2D eigenvalue weighted by Crippen LogP contribution is -2.59. The number of carbonyl (C=O) groups excluding carboxylic acids is 3. The number of rotatable bonds is 7. The fraction of sp³-hybridized carbons (Fsp3) is 0.286. The predicted molar refractivity (Wildman–Crippen MR) is 172 cm³/mol. The molecule has 44 heavy (non-hydrogen) atoms. The van der Waals surface area contributed by atoms with Crippen molar-refractivity contribution in [2.24, 2.45) is 5.92 Å². The number of hydrogen-bond acceptors (Lipinski definition) is 5. The van der Waals surface area contributed by atoms with Crippen LogP contribution in [0.4, 0.5) is 0 Å². The molecule has 3 aromatic carbocycles. The second kappa shape index (κ2) is 13.6. The van der Waals surface area contributed by atoms with Crippen LogP contribution >= 0.6 is 0 Å². The summed E-state index contributed by atoms with van der Waals surface area (Å²) in [6, 6.07) is 21.9. The van der Waals surface area contributed by atoms with Crippen LogP contribution in [0.25, 0.3) is 17.0 Å². The number of H-pyrrole nitrogens is 1. The quantitative estimate of drug-likeness (QED) is 0.257. The van der Waals surface area contributed by atoms with Gasteiger partial charge in [-0.15, -0.1) is 0 Å². The van der Waals surface area contributed by atoms with E-state index in [1.165, 1.54) is 0 Å². The van der Waals surface area contributed by atoms with Crippen molar-refractivity contribution >= 4 is 34.7 Å². The van der Waals surface area contributed by atoms with Crippen LogP contribution in [-0.2, 0) is 20.8 Å². The number of ether oxygens (including phenoxy) is 1. The number of amides is 3. The Morgan fingerprint density at radius 3 is 2.34 bits per heavy atom. The molecule has 0 fully saturated rings. The van der Waals surface area contributed by atoms with E-state index in [1.807, 2.05) is 106 Å². The molecule has 6 rings (SSSR count). The third kappa shape index (κ3) is 7.01. The third-order valence-corrected chi connectivity index (χ3v) is 7.84. The zero-order chi connectivity index (χ0) is 31.2. The molecule has 2 aliphatic heterocycles. The zero-order valence-electron chi connectivity index (χ0n) is 25.4. The molecule has 4 N–H and O–H groups in total. The zero-order valence-corrected chi connectivity index (χ0v) is 25.4. The SMILES string of the molecule is CC(C)C(C(=O)NC1C(=O)NC(Cc2c[nH]c3ccccc23)C(=O)NC=Cc2ccc(cc2)OC1c1ccccc1)N(C)C. The van der Waals surface area contributed by atoms with Gasteiger partial charge >= 0.3 is 0 Å². The molecule has 228 valence electrons. The summed E-state index contributed by atoms with van der Waals surface area (Å²) in [5.74, 6) is -0.725. The minimum Gasteiger partial charge on any atom is -0.483 e. The highest BCUT2D eigenvalue weighted by atomic mass is 16.5. The summed E-state index contributed by atoms with van der Waals surface area (Å²) in [7, 11) is 3.67. The highest BCUT2D eigenvalue weighted by molar-refractivity contribution is 5.94. The molecule has 0 saturated heterocycles. The number of aromatic nitrogens is 1. The first-order chi connectivity index (χ1) is 21.2. The van der Waals surface area contributed by atoms with Crippen LogP contribution in [0.1, 0.15) is 36.6 Å². The van der Waals surface area contributed by atoms with Gasteiger partial charge in [-0.25, -0.2) is 0 Å². The summed E-state index contributed by atoms with van der Waals surface area (Å²) in [4.78, 5) is 46.8. The Hall–Kier alpha value is -4.89. The fourth-order valence-corrected chi connectivity index (χ4v) is 5.74. The molecule has 9 heteroatoms. The molecular weight excluding hydrogens is 554 g/mol. The Morgan fingerprint density at radius 2 is 1.64 bits per heavy atom. The van der Waals surface area contributed by atoms with Crippen LogP contribution in [0.5, 0.6) is 5.75 Å². The highest BCUT2D eigenvalue weighted by Gasteiger charge is 2.38. The van der Waals surface area contributed by atoms with Crippen LogP contribution in [0.3, 0.4) is 0 Å². The molecule has 4 unspecified atom stereocenters. The minimum atomic E-state index is -1.16. The molecule has 3 amide bonds. The molecule has 0 spiro atoms. The van der Waals surface area contributed by atoms with Crippen molar-refractivity contribution < 1.29 is 19.1 Å². The van der Waals surface area contributed by atoms with E-state index in [0.29, 0.717) is 11.3 Å². The second-order valence-corrected chi connectivity index (χ2v) is 11.6. The van der Waals surface area contributed by atoms with Crippen LogP contribution in [0.15, 0.2) is 91.3 Å². The van der Waals surface area contributed by atoms with Crippen molar-refractivity contribution in [1.82, 2.24) is 25.8 Å². The van der Waals surface area contributed by atoms with Gasteiger partial charge in [0.15, 0.2) is 6.10 Å². The van der Waals surface area contributed by atoms with E-state index in [0.717, 1.165) is 22.0 Å². The summed E-state index contributed by atoms with van der Waals surface area (Å²) in [5, 5.41) is 9.76. The molecule has 4 aromatic rings. The molecule has 2 aliphatic rings. The van der Waals surface area contributed by atoms with Gasteiger partial charge in [-0.2, -0.15) is 0 Å². The fourth-order valence-electron chi connectivity index (χ4n) is 5.74. The Kier molecular flexibility index (Phi) is 9.45. The van der Waals surface area contributed by atoms with Crippen molar-refractivity contribution in [2.45, 2.75) is 44.5 Å². The lowest BCUT2D eigenvalue weighted by atomic mass is 9.97. The van der Waals surface area contributed by atoms with E-state index in [4.69, 9.17) is 4.74 Å². The van der Waals surface area contributed by atoms with Crippen LogP contribution < -0.4 is 20.7 Å². The number of fused-ring (bicyclic) bond motifs is 11. The van der Waals surface area contributed by atoms with E-state index in [9.17, 15) is 14.4 Å². The third-order valence-electron chi connectivity index (χ3n) is 7.84. The van der Waals surface area contributed by atoms with Crippen molar-refractivity contribution in [2.75, 3.05) is 14.1 Å². The highest BCUT2D eigenvalue weighted by Crippen LogP contribution is 2.27. The van der Waals surface area contributed by atoms with Crippen LogP contribution in [-0.4, -0.2) is 59.8 Å². The van der Waals surface area contributed by atoms with E-state index in [2.05, 4.69) is 20.9 Å². The predicted octanol–water partition coefficient (Wildman–Crippen LogP) is 4.19. The number of aromatic amines is 1. The molecule has 0 saturated carbocycles. The smallest absolute Gasteiger partial charge is 0.247 e. The van der Waals surface area contributed by atoms with Gasteiger partial charge in [0.1, 0.15) is 17.8 Å². The summed E-state index contributed by atoms with van der Waals surface area (Å²) in [6.07, 6.45) is 4.53. The minimum absolute atomic E-state index is 0.0256. The lowest BCUT2D eigenvalue weighted by Gasteiger charge is -2.33. The molecule has 9 nitrogen and oxygen atoms in total. The molecule has 0 radical (unpaired) electrons. The number of carbonyl (C=O) groups is 3. The standard InChI is InChI=1S/C35H39N5O4/c1-22(2)31(40(3)4)35(43)39-30-32(24-10-6-5-7-11-24)44-26-16-14-23(15-17-26)18-19-36-33(41)29(38-34(30)42)20-25-21-37-28-13-9-8-12-27(25)28/h5-19,21-22,29-32,37H,20H2,1-4H3,(H,36,41)(H,38,42)(H,39,43). The average Bonchev–Trinajstić information content (AvgIpc) is 3.41. The van der Waals surface area contributed by atoms with Crippen molar-refractivity contribution in [3.63, 3.8) is 0 Å². The van der Waals surface area contributed by atoms with Crippen LogP contribution in [0.2, 0.25) is 0 Å². The topological polar surface area (TPSA) is 116 Å². The Bertz CT molecular complexity index is 1620. The molecule has 2 bridgehead atoms. The van der Waals surface area contributed by atoms with Gasteiger partial charge < -0.3 is 25.7 Å². The maximum absolute atomic E-state index is 14.3. The largest absolute Gasteiger partial charge is 0.483 e. The Morgan fingerprint density at radius 1 is 0.932 bits per heavy atom. The van der Waals surface area contributed by atoms with Gasteiger partial charge in [-0.1, -0.05) is 74.5 Å². The van der Waals surface area contributed by atoms with E-state index in [1.54, 1.807) is 24.4 Å². The number of benzene rings is 3. The normalized spacial score (nSPS) is 19.7. The Labute approximate surface area is 257 Å². The number of nitrogens with one attached hydrogen (secondary N) is 4. The number of nitrogens with zero attached hydrogens (tertiary/aromatic N) is 1. The first-order valence-electron chi connectivity index (χ1n) is 14.8. The molecular formula is C35H39N5O4. The molecule has 0 aliphatic carbocycles. The maximum atomic E-state index is 14.3. The second-order valence-electron chi connectivity index (χ2n) is 11.6. The van der Waals surface area contributed by atoms with Gasteiger partial charge in [0, 0.05) is 29.7 Å². The van der Waals surface area contributed by atoms with E-state index < -0.39 is 30.1 Å². The monoisotopic (exact) mass is 593 g/mol. The molecule has 4 atom stereocenters. The average molecular weight is 594 g/mol. The summed E-state index contributed by atoms with van der Waals surface area (Å²) in [6.45, 7) is 3.92. The van der Waals surface area contributed by atoms with Gasteiger partial charge in [0.2, 0.25) is 17.7 Å². The summed E-state index contributed by atoms with van der Waals surface area (Å²) >= 11 is 0. The summed E-state index contributed by atoms with van der Waals surface area (Å²) in [5.41, 5.74) is 3.38. The van der Waals surface area contributed by atoms with E-state index >= 15 is 0 Å². The van der Waals surface area contributed by atoms with Gasteiger partial charge in [0.25, 0.3) is 0 Å². The molecule has 1 aromatic heterocycles. The summed E-state index contributed by atoms with van der Waals surface area (Å²) < 4.78 is 6.49. The number of likely N-dealkylation sites (N-methyl/N-ethyl adjacent to an activating group) is 1. The van der Waals surface area contributed by atoms with E-state index in [-0.39, 0.29) is 24.2 Å². The van der Waals surface area contributed by atoms with Crippen LogP contribution in [0, 0.1) is 5.92 Å². The van der Waals surface area contributed by atoms with Gasteiger partial charge in [-0.3, -0.25) is 19.3 Å². The first-order valence-corrected chi connectivity index (χ1v) is 14.8. The maximum Gasteiger partial charge on any atom is 0.247 e. The van der Waals surface area contributed by atoms with Crippen molar-refractivity contribution in [3.8, 4) is 5.75 Å². The van der Waals surface area contributed by atoms with Crippen molar-refractivity contribution in [1.29, 1.82) is 0 Å². The Balaban J connectivity index is 1.58. The number of para-hydroxylation sites is 1. The van der Waals surface area contributed by atoms with Gasteiger partial charge in [0.05, 0.1) is 6.04 Å².